The fraction of sp³-hybridized carbons (Fsp3) is 0.848. The minimum absolute atomic E-state index is 0.0357. The van der Waals surface area contributed by atoms with E-state index in [4.69, 9.17) is 10.5 Å². The third kappa shape index (κ3) is 7.40. The van der Waals surface area contributed by atoms with E-state index in [-0.39, 0.29) is 47.9 Å². The maximum Gasteiger partial charge on any atom is 0.315 e. The molecule has 5 amide bonds. The summed E-state index contributed by atoms with van der Waals surface area (Å²) in [6, 6.07) is -3.00. The van der Waals surface area contributed by atoms with Crippen molar-refractivity contribution in [3.05, 3.63) is 0 Å². The Morgan fingerprint density at radius 2 is 1.59 bits per heavy atom. The van der Waals surface area contributed by atoms with Crippen molar-refractivity contribution in [2.45, 2.75) is 152 Å². The highest BCUT2D eigenvalue weighted by atomic mass is 16.5. The van der Waals surface area contributed by atoms with Crippen LogP contribution >= 0.6 is 0 Å². The molecule has 5 aliphatic rings. The first kappa shape index (κ1) is 32.7. The Labute approximate surface area is 261 Å². The lowest BCUT2D eigenvalue weighted by Crippen LogP contribution is -2.61. The molecule has 1 unspecified atom stereocenters. The summed E-state index contributed by atoms with van der Waals surface area (Å²) in [4.78, 5) is 68.3. The monoisotopic (exact) mass is 615 g/mol. The number of fused-ring (bicyclic) bond motifs is 1. The molecular formula is C33H53N5O6. The van der Waals surface area contributed by atoms with Gasteiger partial charge < -0.3 is 31.3 Å². The first-order valence-corrected chi connectivity index (χ1v) is 17.1. The number of likely N-dealkylation sites (tertiary alicyclic amines) is 1. The summed E-state index contributed by atoms with van der Waals surface area (Å²) in [5.41, 5.74) is 4.61. The molecule has 5 fully saturated rings. The number of nitrogens with one attached hydrogen (secondary N) is 3. The topological polar surface area (TPSA) is 160 Å². The number of primary amides is 1. The van der Waals surface area contributed by atoms with Crippen LogP contribution in [0.15, 0.2) is 0 Å². The molecule has 11 nitrogen and oxygen atoms in total. The van der Waals surface area contributed by atoms with Crippen molar-refractivity contribution in [2.24, 2.45) is 23.5 Å². The van der Waals surface area contributed by atoms with Crippen molar-refractivity contribution in [1.29, 1.82) is 0 Å². The van der Waals surface area contributed by atoms with Crippen LogP contribution in [0.3, 0.4) is 0 Å². The molecule has 3 aliphatic carbocycles. The van der Waals surface area contributed by atoms with E-state index in [1.807, 2.05) is 13.8 Å². The summed E-state index contributed by atoms with van der Waals surface area (Å²) in [5, 5.41) is 9.16. The predicted molar refractivity (Wildman–Crippen MR) is 164 cm³/mol. The van der Waals surface area contributed by atoms with Crippen molar-refractivity contribution in [3.8, 4) is 0 Å². The zero-order valence-corrected chi connectivity index (χ0v) is 26.8. The Morgan fingerprint density at radius 1 is 0.932 bits per heavy atom. The number of amides is 5. The zero-order valence-electron chi connectivity index (χ0n) is 26.8. The number of carbonyl (C=O) groups excluding carboxylic acids is 5. The van der Waals surface area contributed by atoms with Gasteiger partial charge in [-0.25, -0.2) is 4.79 Å². The second-order valence-corrected chi connectivity index (χ2v) is 14.9. The zero-order chi connectivity index (χ0) is 31.6. The Kier molecular flexibility index (Phi) is 9.92. The van der Waals surface area contributed by atoms with Crippen molar-refractivity contribution in [2.75, 3.05) is 6.54 Å². The van der Waals surface area contributed by atoms with Gasteiger partial charge in [0.15, 0.2) is 0 Å². The third-order valence-electron chi connectivity index (χ3n) is 11.0. The smallest absolute Gasteiger partial charge is 0.315 e. The van der Waals surface area contributed by atoms with Crippen LogP contribution in [-0.2, 0) is 23.9 Å². The first-order valence-electron chi connectivity index (χ1n) is 17.1. The number of Topliss-reactive ketones (excluding diaryl/α,β-unsaturated/α-hetero) is 1. The standard InChI is InChI=1S/C33H53N5O6/c1-4-33(15-9-6-10-16-33)37-31(43)36-25(21-11-7-5-8-12-21)30(42)38-19-24-22(18-32(2,3)44-24)26(38)29(41)35-23(17-20-13-14-20)27(39)28(34)40/h20-26H,4-19H2,1-3H3,(H2,34,40)(H,35,41)(H2,36,37,43)/t22-,23?,24-,25-,26-/m0/s1. The van der Waals surface area contributed by atoms with Gasteiger partial charge >= 0.3 is 6.03 Å². The molecule has 3 saturated carbocycles. The number of ether oxygens (including phenoxy) is 1. The van der Waals surface area contributed by atoms with Crippen LogP contribution < -0.4 is 21.7 Å². The van der Waals surface area contributed by atoms with Gasteiger partial charge in [-0.15, -0.1) is 0 Å². The van der Waals surface area contributed by atoms with E-state index in [2.05, 4.69) is 22.9 Å². The van der Waals surface area contributed by atoms with Gasteiger partial charge in [0.25, 0.3) is 5.91 Å². The van der Waals surface area contributed by atoms with Gasteiger partial charge in [-0.05, 0) is 70.6 Å². The van der Waals surface area contributed by atoms with Gasteiger partial charge in [0.2, 0.25) is 17.6 Å². The Hall–Kier alpha value is -2.69. The number of carbonyl (C=O) groups is 5. The molecule has 2 heterocycles. The lowest BCUT2D eigenvalue weighted by atomic mass is 9.80. The van der Waals surface area contributed by atoms with Gasteiger partial charge in [0, 0.05) is 18.0 Å². The van der Waals surface area contributed by atoms with E-state index in [9.17, 15) is 24.0 Å². The summed E-state index contributed by atoms with van der Waals surface area (Å²) in [6.07, 6.45) is 13.2. The molecule has 0 aromatic carbocycles. The molecule has 2 aliphatic heterocycles. The molecule has 44 heavy (non-hydrogen) atoms. The number of nitrogens with zero attached hydrogens (tertiary/aromatic N) is 1. The quantitative estimate of drug-likeness (QED) is 0.261. The lowest BCUT2D eigenvalue weighted by Gasteiger charge is -2.39. The summed E-state index contributed by atoms with van der Waals surface area (Å²) in [6.45, 7) is 6.28. The number of hydrogen-bond acceptors (Lipinski definition) is 6. The van der Waals surface area contributed by atoms with Crippen molar-refractivity contribution in [1.82, 2.24) is 20.9 Å². The molecule has 5 atom stereocenters. The second kappa shape index (κ2) is 13.3. The fourth-order valence-corrected chi connectivity index (χ4v) is 8.42. The SMILES string of the molecule is CCC1(NC(=O)N[C@H](C(=O)N2C[C@@H]3OC(C)(C)C[C@@H]3[C@H]2C(=O)NC(CC2CC2)C(=O)C(N)=O)C2CCCCC2)CCCCC1. The van der Waals surface area contributed by atoms with Gasteiger partial charge in [-0.1, -0.05) is 58.3 Å². The number of rotatable bonds is 11. The van der Waals surface area contributed by atoms with E-state index in [1.54, 1.807) is 4.90 Å². The molecule has 5 N–H and O–H groups in total. The molecule has 0 spiro atoms. The number of ketones is 1. The molecule has 0 aromatic rings. The number of urea groups is 1. The molecule has 5 rings (SSSR count). The van der Waals surface area contributed by atoms with Crippen LogP contribution in [0.2, 0.25) is 0 Å². The van der Waals surface area contributed by atoms with E-state index >= 15 is 0 Å². The normalized spacial score (nSPS) is 29.2. The van der Waals surface area contributed by atoms with Crippen molar-refractivity contribution < 1.29 is 28.7 Å². The molecular weight excluding hydrogens is 562 g/mol. The third-order valence-corrected chi connectivity index (χ3v) is 11.0. The highest BCUT2D eigenvalue weighted by Gasteiger charge is 2.56. The summed E-state index contributed by atoms with van der Waals surface area (Å²) < 4.78 is 6.32. The minimum atomic E-state index is -1.08. The van der Waals surface area contributed by atoms with Crippen molar-refractivity contribution in [3.63, 3.8) is 0 Å². The molecule has 11 heteroatoms. The Balaban J connectivity index is 1.38. The second-order valence-electron chi connectivity index (χ2n) is 14.9. The van der Waals surface area contributed by atoms with Crippen LogP contribution in [0.25, 0.3) is 0 Å². The van der Waals surface area contributed by atoms with E-state index in [0.29, 0.717) is 12.8 Å². The van der Waals surface area contributed by atoms with E-state index in [1.165, 1.54) is 6.42 Å². The average Bonchev–Trinajstić information content (AvgIpc) is 3.68. The lowest BCUT2D eigenvalue weighted by molar-refractivity contribution is -0.144. The summed E-state index contributed by atoms with van der Waals surface area (Å²) in [7, 11) is 0. The summed E-state index contributed by atoms with van der Waals surface area (Å²) in [5.74, 6) is -2.68. The Bertz CT molecular complexity index is 1110. The first-order chi connectivity index (χ1) is 20.9. The maximum absolute atomic E-state index is 14.6. The predicted octanol–water partition coefficient (Wildman–Crippen LogP) is 3.08. The molecule has 246 valence electrons. The summed E-state index contributed by atoms with van der Waals surface area (Å²) >= 11 is 0. The van der Waals surface area contributed by atoms with Crippen LogP contribution in [0, 0.1) is 17.8 Å². The van der Waals surface area contributed by atoms with E-state index in [0.717, 1.165) is 77.0 Å². The number of hydrogen-bond donors (Lipinski definition) is 4. The number of nitrogens with two attached hydrogens (primary N) is 1. The van der Waals surface area contributed by atoms with Gasteiger partial charge in [0.05, 0.1) is 17.7 Å². The Morgan fingerprint density at radius 3 is 2.20 bits per heavy atom. The van der Waals surface area contributed by atoms with Gasteiger partial charge in [-0.3, -0.25) is 19.2 Å². The minimum Gasteiger partial charge on any atom is -0.370 e. The molecule has 0 radical (unpaired) electrons. The maximum atomic E-state index is 14.6. The fourth-order valence-electron chi connectivity index (χ4n) is 8.42. The van der Waals surface area contributed by atoms with Crippen LogP contribution in [0.5, 0.6) is 0 Å². The largest absolute Gasteiger partial charge is 0.370 e. The average molecular weight is 616 g/mol. The highest BCUT2D eigenvalue weighted by molar-refractivity contribution is 6.37. The van der Waals surface area contributed by atoms with E-state index < -0.39 is 41.3 Å². The van der Waals surface area contributed by atoms with Gasteiger partial charge in [-0.2, -0.15) is 0 Å². The van der Waals surface area contributed by atoms with Crippen LogP contribution in [0.1, 0.15) is 117 Å². The highest BCUT2D eigenvalue weighted by Crippen LogP contribution is 2.44. The van der Waals surface area contributed by atoms with Crippen molar-refractivity contribution >= 4 is 29.5 Å². The van der Waals surface area contributed by atoms with Gasteiger partial charge in [0.1, 0.15) is 12.1 Å². The van der Waals surface area contributed by atoms with Crippen LogP contribution in [-0.4, -0.2) is 76.4 Å². The molecule has 0 aromatic heterocycles. The van der Waals surface area contributed by atoms with Crippen LogP contribution in [0.4, 0.5) is 4.79 Å². The molecule has 0 bridgehead atoms. The molecule has 2 saturated heterocycles.